The second-order valence-corrected chi connectivity index (χ2v) is 7.95. The molecule has 1 aromatic heterocycles. The second-order valence-electron chi connectivity index (χ2n) is 7.95. The van der Waals surface area contributed by atoms with Crippen LogP contribution in [0.5, 0.6) is 5.75 Å². The maximum atomic E-state index is 14.6. The minimum Gasteiger partial charge on any atom is -0.497 e. The molecule has 2 aromatic rings. The van der Waals surface area contributed by atoms with Gasteiger partial charge in [0.05, 0.1) is 31.8 Å². The number of nitrogens with zero attached hydrogens (tertiary/aromatic N) is 4. The molecule has 2 aliphatic rings. The molecule has 3 atom stereocenters. The Morgan fingerprint density at radius 2 is 2.17 bits per heavy atom. The van der Waals surface area contributed by atoms with Crippen molar-refractivity contribution < 1.29 is 18.7 Å². The molecule has 0 N–H and O–H groups in total. The summed E-state index contributed by atoms with van der Waals surface area (Å²) >= 11 is 0. The number of aromatic nitrogens is 2. The van der Waals surface area contributed by atoms with Gasteiger partial charge < -0.3 is 18.9 Å². The number of halogens is 1. The average molecular weight is 402 g/mol. The molecular formula is C21H27FN4O3. The summed E-state index contributed by atoms with van der Waals surface area (Å²) in [6, 6.07) is 5.33. The number of carbonyl (C=O) groups is 1. The van der Waals surface area contributed by atoms with Gasteiger partial charge in [0.15, 0.2) is 0 Å². The summed E-state index contributed by atoms with van der Waals surface area (Å²) in [6.45, 7) is 2.19. The van der Waals surface area contributed by atoms with Crippen LogP contribution < -0.4 is 4.74 Å². The van der Waals surface area contributed by atoms with Gasteiger partial charge in [-0.2, -0.15) is 0 Å². The van der Waals surface area contributed by atoms with Gasteiger partial charge in [-0.25, -0.2) is 9.37 Å². The summed E-state index contributed by atoms with van der Waals surface area (Å²) in [5.74, 6) is 0.835. The third kappa shape index (κ3) is 4.00. The molecule has 156 valence electrons. The molecule has 4 rings (SSSR count). The standard InChI is InChI=1S/C21H27FN4O3/c1-24(2)20(27)10-17-12-25-11-14(8-15(25)13-29-17)26-7-6-23-21(26)18-5-4-16(28-3)9-19(18)22/h4-7,9,14-15,17H,8,10-13H2,1-3H3/t14-,15+,17+/m1/s1. The van der Waals surface area contributed by atoms with E-state index in [1.54, 1.807) is 37.3 Å². The molecule has 2 fully saturated rings. The van der Waals surface area contributed by atoms with Crippen molar-refractivity contribution in [3.63, 3.8) is 0 Å². The Labute approximate surface area is 170 Å². The minimum atomic E-state index is -0.349. The predicted octanol–water partition coefficient (Wildman–Crippen LogP) is 2.19. The first kappa shape index (κ1) is 19.8. The monoisotopic (exact) mass is 402 g/mol. The topological polar surface area (TPSA) is 59.8 Å². The molecule has 2 aliphatic heterocycles. The summed E-state index contributed by atoms with van der Waals surface area (Å²) in [5, 5.41) is 0. The van der Waals surface area contributed by atoms with Gasteiger partial charge in [-0.05, 0) is 18.6 Å². The Balaban J connectivity index is 1.48. The number of methoxy groups -OCH3 is 1. The number of rotatable bonds is 5. The van der Waals surface area contributed by atoms with Crippen molar-refractivity contribution in [2.75, 3.05) is 40.9 Å². The largest absolute Gasteiger partial charge is 0.497 e. The lowest BCUT2D eigenvalue weighted by molar-refractivity contribution is -0.134. The highest BCUT2D eigenvalue weighted by atomic mass is 19.1. The lowest BCUT2D eigenvalue weighted by Crippen LogP contribution is -2.47. The van der Waals surface area contributed by atoms with Crippen LogP contribution in [0.4, 0.5) is 4.39 Å². The number of amides is 1. The summed E-state index contributed by atoms with van der Waals surface area (Å²) in [4.78, 5) is 20.4. The lowest BCUT2D eigenvalue weighted by atomic mass is 10.1. The van der Waals surface area contributed by atoms with Crippen LogP contribution in [-0.2, 0) is 9.53 Å². The molecule has 1 aromatic carbocycles. The van der Waals surface area contributed by atoms with Gasteiger partial charge >= 0.3 is 0 Å². The number of ether oxygens (including phenoxy) is 2. The van der Waals surface area contributed by atoms with Crippen LogP contribution in [-0.4, -0.2) is 78.3 Å². The molecule has 7 nitrogen and oxygen atoms in total. The molecular weight excluding hydrogens is 375 g/mol. The molecule has 0 radical (unpaired) electrons. The van der Waals surface area contributed by atoms with Crippen LogP contribution in [0, 0.1) is 5.82 Å². The zero-order valence-corrected chi connectivity index (χ0v) is 17.0. The molecule has 0 spiro atoms. The van der Waals surface area contributed by atoms with Crippen LogP contribution >= 0.6 is 0 Å². The first-order valence-corrected chi connectivity index (χ1v) is 9.88. The van der Waals surface area contributed by atoms with Crippen molar-refractivity contribution in [2.24, 2.45) is 0 Å². The van der Waals surface area contributed by atoms with E-state index in [2.05, 4.69) is 14.5 Å². The fourth-order valence-corrected chi connectivity index (χ4v) is 4.24. The number of imidazole rings is 1. The highest BCUT2D eigenvalue weighted by Gasteiger charge is 2.39. The normalized spacial score (nSPS) is 24.3. The molecule has 1 amide bonds. The van der Waals surface area contributed by atoms with E-state index in [-0.39, 0.29) is 23.9 Å². The van der Waals surface area contributed by atoms with E-state index in [0.29, 0.717) is 36.2 Å². The van der Waals surface area contributed by atoms with Gasteiger partial charge in [-0.15, -0.1) is 0 Å². The van der Waals surface area contributed by atoms with E-state index in [4.69, 9.17) is 9.47 Å². The molecule has 0 aliphatic carbocycles. The van der Waals surface area contributed by atoms with Crippen LogP contribution in [0.3, 0.4) is 0 Å². The summed E-state index contributed by atoms with van der Waals surface area (Å²) in [5.41, 5.74) is 0.464. The van der Waals surface area contributed by atoms with Crippen molar-refractivity contribution >= 4 is 5.91 Å². The Kier molecular flexibility index (Phi) is 5.56. The Bertz CT molecular complexity index is 885. The third-order valence-corrected chi connectivity index (χ3v) is 5.85. The maximum absolute atomic E-state index is 14.6. The van der Waals surface area contributed by atoms with E-state index in [1.807, 2.05) is 6.20 Å². The fourth-order valence-electron chi connectivity index (χ4n) is 4.24. The van der Waals surface area contributed by atoms with E-state index in [1.165, 1.54) is 13.2 Å². The van der Waals surface area contributed by atoms with Gasteiger partial charge in [0, 0.05) is 57.7 Å². The van der Waals surface area contributed by atoms with Crippen molar-refractivity contribution in [1.29, 1.82) is 0 Å². The van der Waals surface area contributed by atoms with Gasteiger partial charge in [0.1, 0.15) is 17.4 Å². The van der Waals surface area contributed by atoms with Crippen molar-refractivity contribution in [3.8, 4) is 17.1 Å². The van der Waals surface area contributed by atoms with Crippen LogP contribution in [0.2, 0.25) is 0 Å². The molecule has 0 saturated carbocycles. The zero-order valence-electron chi connectivity index (χ0n) is 17.0. The second kappa shape index (κ2) is 8.12. The molecule has 0 unspecified atom stereocenters. The van der Waals surface area contributed by atoms with Crippen LogP contribution in [0.25, 0.3) is 11.4 Å². The predicted molar refractivity (Wildman–Crippen MR) is 106 cm³/mol. The van der Waals surface area contributed by atoms with E-state index >= 15 is 0 Å². The molecule has 29 heavy (non-hydrogen) atoms. The summed E-state index contributed by atoms with van der Waals surface area (Å²) < 4.78 is 27.7. The minimum absolute atomic E-state index is 0.0797. The zero-order chi connectivity index (χ0) is 20.5. The summed E-state index contributed by atoms with van der Waals surface area (Å²) in [6.07, 6.45) is 4.85. The Hall–Kier alpha value is -2.45. The summed E-state index contributed by atoms with van der Waals surface area (Å²) in [7, 11) is 5.04. The number of hydrogen-bond acceptors (Lipinski definition) is 5. The number of carbonyl (C=O) groups excluding carboxylic acids is 1. The average Bonchev–Trinajstić information content (AvgIpc) is 3.33. The van der Waals surface area contributed by atoms with Crippen LogP contribution in [0.15, 0.2) is 30.6 Å². The van der Waals surface area contributed by atoms with Crippen molar-refractivity contribution in [1.82, 2.24) is 19.4 Å². The molecule has 2 saturated heterocycles. The third-order valence-electron chi connectivity index (χ3n) is 5.85. The molecule has 8 heteroatoms. The van der Waals surface area contributed by atoms with Crippen LogP contribution in [0.1, 0.15) is 18.9 Å². The number of fused-ring (bicyclic) bond motifs is 1. The Morgan fingerprint density at radius 3 is 2.90 bits per heavy atom. The quantitative estimate of drug-likeness (QED) is 0.767. The molecule has 3 heterocycles. The first-order valence-electron chi connectivity index (χ1n) is 9.88. The highest BCUT2D eigenvalue weighted by Crippen LogP contribution is 2.35. The van der Waals surface area contributed by atoms with E-state index < -0.39 is 0 Å². The number of morpholine rings is 1. The Morgan fingerprint density at radius 1 is 1.34 bits per heavy atom. The van der Waals surface area contributed by atoms with Crippen molar-refractivity contribution in [2.45, 2.75) is 31.0 Å². The number of benzene rings is 1. The fraction of sp³-hybridized carbons (Fsp3) is 0.524. The van der Waals surface area contributed by atoms with Gasteiger partial charge in [-0.1, -0.05) is 0 Å². The van der Waals surface area contributed by atoms with E-state index in [0.717, 1.165) is 19.5 Å². The van der Waals surface area contributed by atoms with E-state index in [9.17, 15) is 9.18 Å². The number of hydrogen-bond donors (Lipinski definition) is 0. The van der Waals surface area contributed by atoms with Gasteiger partial charge in [0.2, 0.25) is 5.91 Å². The molecule has 0 bridgehead atoms. The highest BCUT2D eigenvalue weighted by molar-refractivity contribution is 5.76. The SMILES string of the molecule is COc1ccc(-c2nccn2[C@@H]2C[C@H]3CO[C@@H](CC(=O)N(C)C)CN3C2)c(F)c1. The maximum Gasteiger partial charge on any atom is 0.224 e. The van der Waals surface area contributed by atoms with Gasteiger partial charge in [-0.3, -0.25) is 9.69 Å². The van der Waals surface area contributed by atoms with Crippen molar-refractivity contribution in [3.05, 3.63) is 36.4 Å². The lowest BCUT2D eigenvalue weighted by Gasteiger charge is -2.35. The first-order chi connectivity index (χ1) is 14.0. The van der Waals surface area contributed by atoms with Gasteiger partial charge in [0.25, 0.3) is 0 Å². The smallest absolute Gasteiger partial charge is 0.224 e.